The summed E-state index contributed by atoms with van der Waals surface area (Å²) in [6.07, 6.45) is 8.34. The van der Waals surface area contributed by atoms with Crippen molar-refractivity contribution in [2.75, 3.05) is 33.8 Å². The van der Waals surface area contributed by atoms with Gasteiger partial charge in [0, 0.05) is 32.9 Å². The van der Waals surface area contributed by atoms with Crippen molar-refractivity contribution in [3.63, 3.8) is 0 Å². The Kier molecular flexibility index (Phi) is 5.57. The summed E-state index contributed by atoms with van der Waals surface area (Å²) in [6, 6.07) is 0. The average Bonchev–Trinajstić information content (AvgIpc) is 3.06. The molecule has 2 aliphatic rings. The number of likely N-dealkylation sites (N-methyl/N-ethyl adjacent to an activating group) is 2. The van der Waals surface area contributed by atoms with Gasteiger partial charge in [0.05, 0.1) is 17.9 Å². The lowest BCUT2D eigenvalue weighted by Gasteiger charge is -2.37. The Balaban J connectivity index is 1.63. The summed E-state index contributed by atoms with van der Waals surface area (Å²) in [5.74, 6) is 0.638. The summed E-state index contributed by atoms with van der Waals surface area (Å²) >= 11 is 0. The van der Waals surface area contributed by atoms with Gasteiger partial charge in [-0.25, -0.2) is 0 Å². The molecule has 1 aliphatic carbocycles. The van der Waals surface area contributed by atoms with Crippen LogP contribution in [0.15, 0.2) is 6.20 Å². The molecule has 1 N–H and O–H groups in total. The van der Waals surface area contributed by atoms with Gasteiger partial charge in [0.2, 0.25) is 0 Å². The maximum atomic E-state index is 6.29. The molecule has 5 nitrogen and oxygen atoms in total. The molecule has 0 radical (unpaired) electrons. The third kappa shape index (κ3) is 4.44. The molecular weight excluding hydrogens is 312 g/mol. The summed E-state index contributed by atoms with van der Waals surface area (Å²) < 4.78 is 8.29. The topological polar surface area (TPSA) is 42.3 Å². The first-order valence-corrected chi connectivity index (χ1v) is 9.82. The average molecular weight is 349 g/mol. The smallest absolute Gasteiger partial charge is 0.0799 e. The van der Waals surface area contributed by atoms with Crippen LogP contribution < -0.4 is 5.32 Å². The number of rotatable bonds is 6. The molecule has 0 aromatic carbocycles. The van der Waals surface area contributed by atoms with E-state index < -0.39 is 0 Å². The first-order chi connectivity index (χ1) is 11.8. The highest BCUT2D eigenvalue weighted by Crippen LogP contribution is 2.50. The van der Waals surface area contributed by atoms with Crippen LogP contribution in [0.4, 0.5) is 0 Å². The zero-order valence-electron chi connectivity index (χ0n) is 16.8. The standard InChI is InChI=1S/C20H36N4O/c1-19(2)14-20(25-15-19)8-6-16(7-9-20)17-12-24(5)22-18(17)13-23(4)11-10-21-3/h12,16,21H,6-11,13-15H2,1-5H3/t16-,20-. The fourth-order valence-corrected chi connectivity index (χ4v) is 4.75. The molecule has 1 spiro atoms. The van der Waals surface area contributed by atoms with Crippen molar-refractivity contribution in [1.29, 1.82) is 0 Å². The minimum atomic E-state index is 0.159. The zero-order valence-corrected chi connectivity index (χ0v) is 16.8. The third-order valence-electron chi connectivity index (χ3n) is 6.01. The molecule has 0 unspecified atom stereocenters. The number of aromatic nitrogens is 2. The van der Waals surface area contributed by atoms with Crippen LogP contribution in [-0.4, -0.2) is 54.1 Å². The molecule has 2 heterocycles. The molecule has 1 aromatic heterocycles. The van der Waals surface area contributed by atoms with Gasteiger partial charge in [0.15, 0.2) is 0 Å². The second kappa shape index (κ2) is 7.37. The second-order valence-corrected chi connectivity index (χ2v) is 9.13. The Hall–Kier alpha value is -0.910. The largest absolute Gasteiger partial charge is 0.374 e. The highest BCUT2D eigenvalue weighted by Gasteiger charge is 2.46. The van der Waals surface area contributed by atoms with Crippen LogP contribution >= 0.6 is 0 Å². The summed E-state index contributed by atoms with van der Waals surface area (Å²) in [7, 11) is 6.23. The monoisotopic (exact) mass is 348 g/mol. The summed E-state index contributed by atoms with van der Waals surface area (Å²) in [6.45, 7) is 8.60. The molecule has 1 aliphatic heterocycles. The fraction of sp³-hybridized carbons (Fsp3) is 0.850. The van der Waals surface area contributed by atoms with E-state index in [9.17, 15) is 0 Å². The molecular formula is C20H36N4O. The minimum Gasteiger partial charge on any atom is -0.374 e. The van der Waals surface area contributed by atoms with Crippen LogP contribution in [0.2, 0.25) is 0 Å². The normalized spacial score (nSPS) is 29.0. The van der Waals surface area contributed by atoms with Crippen LogP contribution in [0.5, 0.6) is 0 Å². The van der Waals surface area contributed by atoms with Crippen molar-refractivity contribution >= 4 is 0 Å². The molecule has 2 fully saturated rings. The Morgan fingerprint density at radius 3 is 2.68 bits per heavy atom. The summed E-state index contributed by atoms with van der Waals surface area (Å²) in [5.41, 5.74) is 3.23. The quantitative estimate of drug-likeness (QED) is 0.858. The zero-order chi connectivity index (χ0) is 18.1. The molecule has 0 amide bonds. The van der Waals surface area contributed by atoms with Crippen molar-refractivity contribution in [1.82, 2.24) is 20.0 Å². The highest BCUT2D eigenvalue weighted by atomic mass is 16.5. The molecule has 142 valence electrons. The number of nitrogens with one attached hydrogen (secondary N) is 1. The predicted octanol–water partition coefficient (Wildman–Crippen LogP) is 2.91. The van der Waals surface area contributed by atoms with Gasteiger partial charge in [-0.2, -0.15) is 5.10 Å². The van der Waals surface area contributed by atoms with Gasteiger partial charge in [-0.15, -0.1) is 0 Å². The maximum Gasteiger partial charge on any atom is 0.0799 e. The summed E-state index contributed by atoms with van der Waals surface area (Å²) in [4.78, 5) is 2.36. The van der Waals surface area contributed by atoms with Crippen molar-refractivity contribution in [3.05, 3.63) is 17.5 Å². The van der Waals surface area contributed by atoms with E-state index >= 15 is 0 Å². The molecule has 1 saturated heterocycles. The van der Waals surface area contributed by atoms with E-state index in [1.54, 1.807) is 0 Å². The summed E-state index contributed by atoms with van der Waals surface area (Å²) in [5, 5.41) is 7.99. The van der Waals surface area contributed by atoms with Gasteiger partial charge in [-0.05, 0) is 63.1 Å². The maximum absolute atomic E-state index is 6.29. The first kappa shape index (κ1) is 18.9. The van der Waals surface area contributed by atoms with Gasteiger partial charge in [-0.3, -0.25) is 9.58 Å². The van der Waals surface area contributed by atoms with Crippen molar-refractivity contribution in [3.8, 4) is 0 Å². The van der Waals surface area contributed by atoms with E-state index in [0.29, 0.717) is 11.3 Å². The van der Waals surface area contributed by atoms with Gasteiger partial charge in [0.1, 0.15) is 0 Å². The Morgan fingerprint density at radius 2 is 2.08 bits per heavy atom. The predicted molar refractivity (Wildman–Crippen MR) is 102 cm³/mol. The van der Waals surface area contributed by atoms with E-state index in [1.807, 2.05) is 18.8 Å². The van der Waals surface area contributed by atoms with Gasteiger partial charge >= 0.3 is 0 Å². The van der Waals surface area contributed by atoms with Gasteiger partial charge < -0.3 is 10.1 Å². The van der Waals surface area contributed by atoms with Gasteiger partial charge in [-0.1, -0.05) is 13.8 Å². The number of hydrogen-bond donors (Lipinski definition) is 1. The molecule has 5 heteroatoms. The Morgan fingerprint density at radius 1 is 1.36 bits per heavy atom. The SMILES string of the molecule is CNCCN(C)Cc1nn(C)cc1[C@H]1CC[C@]2(CC1)CC(C)(C)CO2. The lowest BCUT2D eigenvalue weighted by molar-refractivity contribution is -0.0294. The number of aryl methyl sites for hydroxylation is 1. The molecule has 25 heavy (non-hydrogen) atoms. The number of nitrogens with zero attached hydrogens (tertiary/aromatic N) is 3. The molecule has 1 aromatic rings. The van der Waals surface area contributed by atoms with Crippen molar-refractivity contribution in [2.45, 2.75) is 64.0 Å². The lowest BCUT2D eigenvalue weighted by Crippen LogP contribution is -2.33. The first-order valence-electron chi connectivity index (χ1n) is 9.82. The number of ether oxygens (including phenoxy) is 1. The van der Waals surface area contributed by atoms with Crippen LogP contribution in [0.1, 0.15) is 63.1 Å². The van der Waals surface area contributed by atoms with Crippen LogP contribution in [0.25, 0.3) is 0 Å². The fourth-order valence-electron chi connectivity index (χ4n) is 4.75. The third-order valence-corrected chi connectivity index (χ3v) is 6.01. The van der Waals surface area contributed by atoms with E-state index in [-0.39, 0.29) is 5.60 Å². The van der Waals surface area contributed by atoms with Crippen LogP contribution in [-0.2, 0) is 18.3 Å². The molecule has 1 saturated carbocycles. The highest BCUT2D eigenvalue weighted by molar-refractivity contribution is 5.23. The lowest BCUT2D eigenvalue weighted by atomic mass is 9.72. The molecule has 3 rings (SSSR count). The van der Waals surface area contributed by atoms with Crippen molar-refractivity contribution in [2.24, 2.45) is 12.5 Å². The Bertz CT molecular complexity index is 572. The minimum absolute atomic E-state index is 0.159. The molecule has 0 atom stereocenters. The molecule has 0 bridgehead atoms. The second-order valence-electron chi connectivity index (χ2n) is 9.13. The van der Waals surface area contributed by atoms with Crippen LogP contribution in [0, 0.1) is 5.41 Å². The Labute approximate surface area is 153 Å². The van der Waals surface area contributed by atoms with E-state index in [1.165, 1.54) is 43.4 Å². The number of hydrogen-bond acceptors (Lipinski definition) is 4. The van der Waals surface area contributed by atoms with E-state index in [4.69, 9.17) is 9.84 Å². The van der Waals surface area contributed by atoms with E-state index in [2.05, 4.69) is 37.3 Å². The van der Waals surface area contributed by atoms with E-state index in [0.717, 1.165) is 26.2 Å². The van der Waals surface area contributed by atoms with Crippen molar-refractivity contribution < 1.29 is 4.74 Å². The van der Waals surface area contributed by atoms with Crippen LogP contribution in [0.3, 0.4) is 0 Å². The van der Waals surface area contributed by atoms with Gasteiger partial charge in [0.25, 0.3) is 0 Å².